The van der Waals surface area contributed by atoms with E-state index in [-0.39, 0.29) is 11.2 Å². The highest BCUT2D eigenvalue weighted by Gasteiger charge is 2.33. The molecule has 4 aromatic rings. The predicted octanol–water partition coefficient (Wildman–Crippen LogP) is 8.20. The molecule has 1 atom stereocenters. The number of hydrogen-bond donors (Lipinski definition) is 0. The Kier molecular flexibility index (Phi) is 10.6. The fraction of sp³-hybridized carbons (Fsp3) is 0.361. The summed E-state index contributed by atoms with van der Waals surface area (Å²) in [5.41, 5.74) is 0.950. The minimum absolute atomic E-state index is 0.218. The van der Waals surface area contributed by atoms with Gasteiger partial charge in [0.05, 0.1) is 24.0 Å². The molecule has 0 spiro atoms. The minimum atomic E-state index is -4.38. The summed E-state index contributed by atoms with van der Waals surface area (Å²) in [4.78, 5) is 22.4. The van der Waals surface area contributed by atoms with E-state index >= 15 is 0 Å². The maximum atomic E-state index is 13.5. The third-order valence-electron chi connectivity index (χ3n) is 8.59. The highest BCUT2D eigenvalue weighted by atomic mass is 32.2. The monoisotopic (exact) mass is 681 g/mol. The number of carbonyl (C=O) groups excluding carboxylic acids is 1. The first-order chi connectivity index (χ1) is 22.7. The van der Waals surface area contributed by atoms with Crippen molar-refractivity contribution in [3.8, 4) is 5.75 Å². The largest absolute Gasteiger partial charge is 0.497 e. The zero-order valence-corrected chi connectivity index (χ0v) is 28.1. The lowest BCUT2D eigenvalue weighted by atomic mass is 10.1. The van der Waals surface area contributed by atoms with Crippen LogP contribution in [0.1, 0.15) is 18.9 Å². The van der Waals surface area contributed by atoms with E-state index < -0.39 is 11.7 Å². The molecular weight excluding hydrogens is 644 g/mol. The molecule has 1 unspecified atom stereocenters. The van der Waals surface area contributed by atoms with Gasteiger partial charge in [-0.3, -0.25) is 9.69 Å². The van der Waals surface area contributed by atoms with Crippen LogP contribution in [-0.4, -0.2) is 80.5 Å². The zero-order valence-electron chi connectivity index (χ0n) is 26.5. The summed E-state index contributed by atoms with van der Waals surface area (Å²) in [6, 6.07) is 24.0. The van der Waals surface area contributed by atoms with Crippen molar-refractivity contribution in [3.63, 3.8) is 0 Å². The Balaban J connectivity index is 0.934. The number of hydrogen-bond acceptors (Lipinski definition) is 8. The van der Waals surface area contributed by atoms with Crippen molar-refractivity contribution in [2.75, 3.05) is 64.4 Å². The third kappa shape index (κ3) is 8.20. The Morgan fingerprint density at radius 3 is 2.32 bits per heavy atom. The van der Waals surface area contributed by atoms with Gasteiger partial charge in [0.15, 0.2) is 0 Å². The molecule has 6 nitrogen and oxygen atoms in total. The van der Waals surface area contributed by atoms with Crippen LogP contribution in [0.25, 0.3) is 10.8 Å². The summed E-state index contributed by atoms with van der Waals surface area (Å²) < 4.78 is 51.5. The average Bonchev–Trinajstić information content (AvgIpc) is 3.07. The van der Waals surface area contributed by atoms with Gasteiger partial charge in [0.25, 0.3) is 0 Å². The molecule has 1 fully saturated rings. The Bertz CT molecular complexity index is 1710. The fourth-order valence-electron chi connectivity index (χ4n) is 5.98. The molecule has 0 N–H and O–H groups in total. The fourth-order valence-corrected chi connectivity index (χ4v) is 7.97. The van der Waals surface area contributed by atoms with Crippen molar-refractivity contribution in [2.45, 2.75) is 39.5 Å². The van der Waals surface area contributed by atoms with Gasteiger partial charge in [-0.2, -0.15) is 13.2 Å². The standard InChI is InChI=1S/C36H38F3N3O3S2/c1-25(46-30-12-9-26-22-29(44-2)11-8-27(26)23-30)35(43)45-21-20-41-18-16-40(17-19-41)14-5-15-42-31-6-3-4-7-33(31)47-34-13-10-28(24-32(34)42)36(37,38)39/h3-4,6-13,22-25H,5,14-21H2,1-2H3. The van der Waals surface area contributed by atoms with E-state index in [1.165, 1.54) is 35.7 Å². The number of piperazine rings is 1. The molecule has 1 saturated heterocycles. The first-order valence-corrected chi connectivity index (χ1v) is 17.5. The van der Waals surface area contributed by atoms with E-state index in [0.29, 0.717) is 25.4 Å². The van der Waals surface area contributed by atoms with Gasteiger partial charge in [0.2, 0.25) is 0 Å². The van der Waals surface area contributed by atoms with Crippen LogP contribution >= 0.6 is 23.5 Å². The second kappa shape index (κ2) is 14.8. The second-order valence-electron chi connectivity index (χ2n) is 11.7. The Hall–Kier alpha value is -3.38. The molecular formula is C36H38F3N3O3S2. The molecule has 0 amide bonds. The molecule has 0 aromatic heterocycles. The number of rotatable bonds is 11. The minimum Gasteiger partial charge on any atom is -0.497 e. The van der Waals surface area contributed by atoms with Crippen molar-refractivity contribution in [3.05, 3.63) is 84.4 Å². The number of nitrogens with zero attached hydrogens (tertiary/aromatic N) is 3. The molecule has 0 radical (unpaired) electrons. The molecule has 0 saturated carbocycles. The number of para-hydroxylation sites is 1. The van der Waals surface area contributed by atoms with Gasteiger partial charge in [-0.1, -0.05) is 36.0 Å². The van der Waals surface area contributed by atoms with E-state index in [9.17, 15) is 18.0 Å². The number of benzene rings is 4. The highest BCUT2D eigenvalue weighted by molar-refractivity contribution is 8.00. The van der Waals surface area contributed by atoms with Gasteiger partial charge in [-0.15, -0.1) is 11.8 Å². The lowest BCUT2D eigenvalue weighted by Gasteiger charge is -2.36. The third-order valence-corrected chi connectivity index (χ3v) is 10.8. The van der Waals surface area contributed by atoms with E-state index in [4.69, 9.17) is 9.47 Å². The summed E-state index contributed by atoms with van der Waals surface area (Å²) in [7, 11) is 1.65. The quantitative estimate of drug-likeness (QED) is 0.116. The van der Waals surface area contributed by atoms with Crippen molar-refractivity contribution >= 4 is 51.6 Å². The maximum absolute atomic E-state index is 13.5. The summed E-state index contributed by atoms with van der Waals surface area (Å²) >= 11 is 3.01. The summed E-state index contributed by atoms with van der Waals surface area (Å²) in [6.07, 6.45) is -3.56. The topological polar surface area (TPSA) is 45.3 Å². The molecule has 2 heterocycles. The SMILES string of the molecule is COc1ccc2cc(SC(C)C(=O)OCCN3CCN(CCCN4c5ccccc5Sc5ccc(C(F)(F)F)cc54)CC3)ccc2c1. The van der Waals surface area contributed by atoms with Crippen molar-refractivity contribution < 1.29 is 27.4 Å². The number of fused-ring (bicyclic) bond motifs is 3. The van der Waals surface area contributed by atoms with E-state index in [1.54, 1.807) is 13.2 Å². The summed E-state index contributed by atoms with van der Waals surface area (Å²) in [6.45, 7) is 7.97. The Morgan fingerprint density at radius 2 is 1.55 bits per heavy atom. The van der Waals surface area contributed by atoms with Gasteiger partial charge in [-0.25, -0.2) is 0 Å². The van der Waals surface area contributed by atoms with Crippen LogP contribution in [0.2, 0.25) is 0 Å². The smallest absolute Gasteiger partial charge is 0.416 e. The molecule has 11 heteroatoms. The lowest BCUT2D eigenvalue weighted by Crippen LogP contribution is -2.47. The predicted molar refractivity (Wildman–Crippen MR) is 183 cm³/mol. The molecule has 6 rings (SSSR count). The number of anilines is 2. The zero-order chi connectivity index (χ0) is 33.0. The van der Waals surface area contributed by atoms with Crippen LogP contribution in [0.3, 0.4) is 0 Å². The van der Waals surface area contributed by atoms with Gasteiger partial charge in [-0.05, 0) is 85.3 Å². The number of esters is 1. The number of methoxy groups -OCH3 is 1. The number of halogens is 3. The lowest BCUT2D eigenvalue weighted by molar-refractivity contribution is -0.143. The first-order valence-electron chi connectivity index (χ1n) is 15.8. The Morgan fingerprint density at radius 1 is 0.851 bits per heavy atom. The van der Waals surface area contributed by atoms with Gasteiger partial charge in [0, 0.05) is 54.0 Å². The van der Waals surface area contributed by atoms with Crippen molar-refractivity contribution in [2.24, 2.45) is 0 Å². The molecule has 248 valence electrons. The summed E-state index contributed by atoms with van der Waals surface area (Å²) in [5, 5.41) is 1.86. The number of ether oxygens (including phenoxy) is 2. The highest BCUT2D eigenvalue weighted by Crippen LogP contribution is 2.49. The average molecular weight is 682 g/mol. The second-order valence-corrected chi connectivity index (χ2v) is 14.2. The van der Waals surface area contributed by atoms with E-state index in [1.807, 2.05) is 66.4 Å². The van der Waals surface area contributed by atoms with Crippen LogP contribution in [-0.2, 0) is 15.7 Å². The van der Waals surface area contributed by atoms with Crippen molar-refractivity contribution in [1.82, 2.24) is 9.80 Å². The number of alkyl halides is 3. The molecule has 2 aliphatic heterocycles. The first kappa shape index (κ1) is 33.5. The Labute approximate surface area is 282 Å². The van der Waals surface area contributed by atoms with E-state index in [0.717, 1.165) is 76.0 Å². The van der Waals surface area contributed by atoms with Crippen LogP contribution in [0, 0.1) is 0 Å². The molecule has 2 aliphatic rings. The maximum Gasteiger partial charge on any atom is 0.416 e. The number of carbonyl (C=O) groups is 1. The normalized spacial score (nSPS) is 16.1. The molecule has 4 aromatic carbocycles. The van der Waals surface area contributed by atoms with Crippen LogP contribution in [0.5, 0.6) is 5.75 Å². The van der Waals surface area contributed by atoms with Gasteiger partial charge >= 0.3 is 12.1 Å². The molecule has 0 bridgehead atoms. The molecule has 47 heavy (non-hydrogen) atoms. The van der Waals surface area contributed by atoms with Crippen LogP contribution < -0.4 is 9.64 Å². The van der Waals surface area contributed by atoms with E-state index in [2.05, 4.69) is 15.9 Å². The summed E-state index contributed by atoms with van der Waals surface area (Å²) in [5.74, 6) is 0.597. The molecule has 0 aliphatic carbocycles. The van der Waals surface area contributed by atoms with Crippen LogP contribution in [0.15, 0.2) is 93.5 Å². The van der Waals surface area contributed by atoms with Gasteiger partial charge in [0.1, 0.15) is 17.6 Å². The van der Waals surface area contributed by atoms with Crippen molar-refractivity contribution in [1.29, 1.82) is 0 Å². The van der Waals surface area contributed by atoms with Gasteiger partial charge < -0.3 is 19.3 Å². The van der Waals surface area contributed by atoms with Crippen LogP contribution in [0.4, 0.5) is 24.5 Å². The number of thioether (sulfide) groups is 1.